The first kappa shape index (κ1) is 17.5. The van der Waals surface area contributed by atoms with Crippen molar-refractivity contribution in [2.24, 2.45) is 0 Å². The number of carbonyl (C=O) groups excluding carboxylic acids is 2. The normalized spacial score (nSPS) is 14.2. The molecular formula is C16H19BrN4O4. The molecule has 0 saturated carbocycles. The van der Waals surface area contributed by atoms with Crippen LogP contribution in [0.2, 0.25) is 0 Å². The maximum atomic E-state index is 12.2. The third-order valence-electron chi connectivity index (χ3n) is 3.61. The highest BCUT2D eigenvalue weighted by molar-refractivity contribution is 9.10. The van der Waals surface area contributed by atoms with Gasteiger partial charge < -0.3 is 19.4 Å². The molecule has 3 heterocycles. The van der Waals surface area contributed by atoms with Gasteiger partial charge in [0.2, 0.25) is 0 Å². The summed E-state index contributed by atoms with van der Waals surface area (Å²) in [6, 6.07) is 3.22. The standard InChI is InChI=1S/C16H19BrN4O4/c1-16(2,3)25-15(23)21-7-6-9-10(8-21)19-20-13(9)18-14(22)11-4-5-12(17)24-11/h4-5H,6-8H2,1-3H3,(H2,18,19,20,22). The number of hydrogen-bond acceptors (Lipinski definition) is 5. The Kier molecular flexibility index (Phi) is 4.59. The maximum Gasteiger partial charge on any atom is 0.410 e. The summed E-state index contributed by atoms with van der Waals surface area (Å²) in [6.45, 7) is 6.35. The highest BCUT2D eigenvalue weighted by Gasteiger charge is 2.29. The molecule has 0 atom stereocenters. The lowest BCUT2D eigenvalue weighted by atomic mass is 10.1. The molecule has 0 bridgehead atoms. The van der Waals surface area contributed by atoms with Crippen LogP contribution >= 0.6 is 15.9 Å². The van der Waals surface area contributed by atoms with Crippen molar-refractivity contribution in [3.05, 3.63) is 33.8 Å². The molecule has 0 aromatic carbocycles. The Morgan fingerprint density at radius 2 is 2.16 bits per heavy atom. The van der Waals surface area contributed by atoms with Gasteiger partial charge in [0, 0.05) is 12.1 Å². The van der Waals surface area contributed by atoms with Crippen LogP contribution in [0.3, 0.4) is 0 Å². The van der Waals surface area contributed by atoms with Crippen LogP contribution in [0.15, 0.2) is 21.2 Å². The minimum atomic E-state index is -0.540. The van der Waals surface area contributed by atoms with Gasteiger partial charge in [0.15, 0.2) is 16.2 Å². The van der Waals surface area contributed by atoms with E-state index in [1.165, 1.54) is 0 Å². The Labute approximate surface area is 153 Å². The van der Waals surface area contributed by atoms with Crippen molar-refractivity contribution in [3.63, 3.8) is 0 Å². The molecule has 0 unspecified atom stereocenters. The number of aromatic amines is 1. The van der Waals surface area contributed by atoms with Crippen LogP contribution in [0.5, 0.6) is 0 Å². The molecule has 0 saturated heterocycles. The number of nitrogens with zero attached hydrogens (tertiary/aromatic N) is 2. The van der Waals surface area contributed by atoms with Crippen LogP contribution in [-0.4, -0.2) is 39.2 Å². The molecule has 1 aliphatic heterocycles. The minimum Gasteiger partial charge on any atom is -0.444 e. The fourth-order valence-corrected chi connectivity index (χ4v) is 2.82. The lowest BCUT2D eigenvalue weighted by Crippen LogP contribution is -2.39. The second kappa shape index (κ2) is 6.55. The maximum absolute atomic E-state index is 12.2. The van der Waals surface area contributed by atoms with Crippen molar-refractivity contribution < 1.29 is 18.7 Å². The second-order valence-corrected chi connectivity index (χ2v) is 7.52. The number of halogens is 1. The zero-order valence-electron chi connectivity index (χ0n) is 14.2. The first-order chi connectivity index (χ1) is 11.7. The van der Waals surface area contributed by atoms with Gasteiger partial charge in [-0.3, -0.25) is 9.89 Å². The summed E-state index contributed by atoms with van der Waals surface area (Å²) in [7, 11) is 0. The van der Waals surface area contributed by atoms with Crippen LogP contribution in [0.4, 0.5) is 10.6 Å². The van der Waals surface area contributed by atoms with E-state index < -0.39 is 5.60 Å². The summed E-state index contributed by atoms with van der Waals surface area (Å²) < 4.78 is 11.1. The summed E-state index contributed by atoms with van der Waals surface area (Å²) in [4.78, 5) is 26.0. The second-order valence-electron chi connectivity index (χ2n) is 6.74. The van der Waals surface area contributed by atoms with Crippen LogP contribution in [0.25, 0.3) is 0 Å². The average Bonchev–Trinajstić information content (AvgIpc) is 3.12. The Morgan fingerprint density at radius 1 is 1.40 bits per heavy atom. The number of furan rings is 1. The van der Waals surface area contributed by atoms with Crippen LogP contribution in [0.1, 0.15) is 42.6 Å². The molecule has 0 aliphatic carbocycles. The molecule has 134 valence electrons. The van der Waals surface area contributed by atoms with Gasteiger partial charge in [-0.05, 0) is 55.3 Å². The molecule has 0 spiro atoms. The molecule has 2 aromatic heterocycles. The van der Waals surface area contributed by atoms with Crippen LogP contribution in [-0.2, 0) is 17.7 Å². The summed E-state index contributed by atoms with van der Waals surface area (Å²) in [5, 5.41) is 9.76. The zero-order valence-corrected chi connectivity index (χ0v) is 15.8. The van der Waals surface area contributed by atoms with Gasteiger partial charge in [-0.2, -0.15) is 5.10 Å². The number of carbonyl (C=O) groups is 2. The quantitative estimate of drug-likeness (QED) is 0.790. The van der Waals surface area contributed by atoms with Crippen LogP contribution < -0.4 is 5.32 Å². The van der Waals surface area contributed by atoms with Gasteiger partial charge in [0.25, 0.3) is 5.91 Å². The predicted molar refractivity (Wildman–Crippen MR) is 93.3 cm³/mol. The summed E-state index contributed by atoms with van der Waals surface area (Å²) in [5.74, 6) is 0.265. The fourth-order valence-electron chi connectivity index (χ4n) is 2.51. The number of H-pyrrole nitrogens is 1. The predicted octanol–water partition coefficient (Wildman–Crippen LogP) is 3.31. The number of nitrogens with one attached hydrogen (secondary N) is 2. The summed E-state index contributed by atoms with van der Waals surface area (Å²) >= 11 is 3.16. The molecule has 3 rings (SSSR count). The fraction of sp³-hybridized carbons (Fsp3) is 0.438. The van der Waals surface area contributed by atoms with Crippen molar-refractivity contribution >= 4 is 33.7 Å². The number of amides is 2. The number of fused-ring (bicyclic) bond motifs is 1. The number of anilines is 1. The van der Waals surface area contributed by atoms with E-state index in [0.717, 1.165) is 11.3 Å². The molecule has 2 N–H and O–H groups in total. The van der Waals surface area contributed by atoms with E-state index in [1.807, 2.05) is 20.8 Å². The Balaban J connectivity index is 1.68. The SMILES string of the molecule is CC(C)(C)OC(=O)N1CCc2c(NC(=O)c3ccc(Br)o3)n[nH]c2C1. The molecule has 8 nitrogen and oxygen atoms in total. The third-order valence-corrected chi connectivity index (χ3v) is 4.04. The minimum absolute atomic E-state index is 0.190. The van der Waals surface area contributed by atoms with Gasteiger partial charge in [0.1, 0.15) is 5.60 Å². The number of ether oxygens (including phenoxy) is 1. The lowest BCUT2D eigenvalue weighted by Gasteiger charge is -2.29. The van der Waals surface area contributed by atoms with E-state index in [4.69, 9.17) is 9.15 Å². The van der Waals surface area contributed by atoms with Gasteiger partial charge in [-0.15, -0.1) is 0 Å². The number of rotatable bonds is 2. The smallest absolute Gasteiger partial charge is 0.410 e. The summed E-state index contributed by atoms with van der Waals surface area (Å²) in [5.41, 5.74) is 1.13. The molecule has 9 heteroatoms. The lowest BCUT2D eigenvalue weighted by molar-refractivity contribution is 0.0221. The van der Waals surface area contributed by atoms with Gasteiger partial charge >= 0.3 is 6.09 Å². The molecular weight excluding hydrogens is 392 g/mol. The van der Waals surface area contributed by atoms with Crippen molar-refractivity contribution in [1.29, 1.82) is 0 Å². The van der Waals surface area contributed by atoms with Crippen molar-refractivity contribution in [3.8, 4) is 0 Å². The Bertz CT molecular complexity index is 805. The van der Waals surface area contributed by atoms with Gasteiger partial charge in [-0.1, -0.05) is 0 Å². The van der Waals surface area contributed by atoms with E-state index in [-0.39, 0.29) is 17.8 Å². The van der Waals surface area contributed by atoms with Crippen molar-refractivity contribution in [1.82, 2.24) is 15.1 Å². The topological polar surface area (TPSA) is 100 Å². The third kappa shape index (κ3) is 4.04. The number of hydrogen-bond donors (Lipinski definition) is 2. The molecule has 25 heavy (non-hydrogen) atoms. The van der Waals surface area contributed by atoms with E-state index in [9.17, 15) is 9.59 Å². The Hall–Kier alpha value is -2.29. The average molecular weight is 411 g/mol. The van der Waals surface area contributed by atoms with E-state index >= 15 is 0 Å². The van der Waals surface area contributed by atoms with Crippen LogP contribution in [0, 0.1) is 0 Å². The molecule has 0 fully saturated rings. The Morgan fingerprint density at radius 3 is 2.80 bits per heavy atom. The first-order valence-electron chi connectivity index (χ1n) is 7.83. The molecule has 1 aliphatic rings. The van der Waals surface area contributed by atoms with Crippen molar-refractivity contribution in [2.75, 3.05) is 11.9 Å². The van der Waals surface area contributed by atoms with Gasteiger partial charge in [-0.25, -0.2) is 4.79 Å². The van der Waals surface area contributed by atoms with Crippen molar-refractivity contribution in [2.45, 2.75) is 39.3 Å². The molecule has 2 amide bonds. The summed E-state index contributed by atoms with van der Waals surface area (Å²) in [6.07, 6.45) is 0.210. The highest BCUT2D eigenvalue weighted by atomic mass is 79.9. The van der Waals surface area contributed by atoms with Gasteiger partial charge in [0.05, 0.1) is 12.2 Å². The molecule has 0 radical (unpaired) electrons. The highest BCUT2D eigenvalue weighted by Crippen LogP contribution is 2.25. The largest absolute Gasteiger partial charge is 0.444 e. The van der Waals surface area contributed by atoms with E-state index in [2.05, 4.69) is 31.4 Å². The monoisotopic (exact) mass is 410 g/mol. The number of aromatic nitrogens is 2. The van der Waals surface area contributed by atoms with E-state index in [0.29, 0.717) is 30.0 Å². The van der Waals surface area contributed by atoms with E-state index in [1.54, 1.807) is 17.0 Å². The zero-order chi connectivity index (χ0) is 18.2. The molecule has 2 aromatic rings. The first-order valence-corrected chi connectivity index (χ1v) is 8.63.